The highest BCUT2D eigenvalue weighted by molar-refractivity contribution is 5.18. The zero-order valence-corrected chi connectivity index (χ0v) is 12.8. The minimum absolute atomic E-state index is 0.146. The normalized spacial score (nSPS) is 13.5. The summed E-state index contributed by atoms with van der Waals surface area (Å²) in [6.07, 6.45) is 6.88. The summed E-state index contributed by atoms with van der Waals surface area (Å²) in [5.74, 6) is 0. The summed E-state index contributed by atoms with van der Waals surface area (Å²) in [7, 11) is 0. The molecule has 0 radical (unpaired) electrons. The van der Waals surface area contributed by atoms with Crippen LogP contribution in [0.4, 0.5) is 0 Å². The van der Waals surface area contributed by atoms with E-state index in [0.29, 0.717) is 0 Å². The van der Waals surface area contributed by atoms with Crippen molar-refractivity contribution in [1.82, 2.24) is 10.3 Å². The van der Waals surface area contributed by atoms with Crippen molar-refractivity contribution in [3.8, 4) is 0 Å². The Morgan fingerprint density at radius 1 is 1.26 bits per heavy atom. The van der Waals surface area contributed by atoms with Gasteiger partial charge in [-0.25, -0.2) is 0 Å². The van der Waals surface area contributed by atoms with Gasteiger partial charge >= 0.3 is 0 Å². The van der Waals surface area contributed by atoms with E-state index in [0.717, 1.165) is 32.4 Å². The molecule has 3 nitrogen and oxygen atoms in total. The molecular formula is C16H28N2O. The maximum absolute atomic E-state index is 6.15. The van der Waals surface area contributed by atoms with E-state index in [1.807, 2.05) is 18.5 Å². The van der Waals surface area contributed by atoms with Crippen LogP contribution in [0.15, 0.2) is 24.5 Å². The molecule has 0 saturated heterocycles. The maximum atomic E-state index is 6.15. The summed E-state index contributed by atoms with van der Waals surface area (Å²) in [6.45, 7) is 10.4. The molecule has 1 rings (SSSR count). The third-order valence-electron chi connectivity index (χ3n) is 3.77. The molecule has 0 aliphatic heterocycles. The van der Waals surface area contributed by atoms with E-state index in [2.05, 4.69) is 44.1 Å². The van der Waals surface area contributed by atoms with Crippen molar-refractivity contribution in [3.63, 3.8) is 0 Å². The monoisotopic (exact) mass is 264 g/mol. The van der Waals surface area contributed by atoms with Gasteiger partial charge in [0.05, 0.1) is 11.6 Å². The average molecular weight is 264 g/mol. The van der Waals surface area contributed by atoms with Gasteiger partial charge in [0, 0.05) is 19.0 Å². The van der Waals surface area contributed by atoms with Crippen LogP contribution in [0, 0.1) is 0 Å². The van der Waals surface area contributed by atoms with E-state index >= 15 is 0 Å². The van der Waals surface area contributed by atoms with E-state index in [-0.39, 0.29) is 11.6 Å². The Kier molecular flexibility index (Phi) is 7.03. The maximum Gasteiger partial charge on any atom is 0.0871 e. The second-order valence-electron chi connectivity index (χ2n) is 4.88. The molecule has 0 amide bonds. The molecule has 0 spiro atoms. The average Bonchev–Trinajstić information content (AvgIpc) is 2.47. The molecule has 3 heteroatoms. The minimum Gasteiger partial charge on any atom is -0.373 e. The molecule has 1 aromatic rings. The standard InChI is InChI=1S/C16H28N2O/c1-5-11-18-15(14-10-9-12-17-13-14)16(6-2,7-3)19-8-4/h9-10,12-13,15,18H,5-8,11H2,1-4H3. The van der Waals surface area contributed by atoms with Gasteiger partial charge in [-0.2, -0.15) is 0 Å². The number of aromatic nitrogens is 1. The number of ether oxygens (including phenoxy) is 1. The summed E-state index contributed by atoms with van der Waals surface area (Å²) in [5.41, 5.74) is 1.07. The van der Waals surface area contributed by atoms with Crippen molar-refractivity contribution in [3.05, 3.63) is 30.1 Å². The number of nitrogens with zero attached hydrogens (tertiary/aromatic N) is 1. The largest absolute Gasteiger partial charge is 0.373 e. The minimum atomic E-state index is -0.146. The lowest BCUT2D eigenvalue weighted by Crippen LogP contribution is -2.45. The topological polar surface area (TPSA) is 34.2 Å². The van der Waals surface area contributed by atoms with Crippen molar-refractivity contribution in [2.75, 3.05) is 13.2 Å². The van der Waals surface area contributed by atoms with Crippen molar-refractivity contribution < 1.29 is 4.74 Å². The van der Waals surface area contributed by atoms with E-state index in [9.17, 15) is 0 Å². The third kappa shape index (κ3) is 4.02. The lowest BCUT2D eigenvalue weighted by molar-refractivity contribution is -0.0733. The number of nitrogens with one attached hydrogen (secondary N) is 1. The van der Waals surface area contributed by atoms with Gasteiger partial charge in [0.15, 0.2) is 0 Å². The van der Waals surface area contributed by atoms with Crippen molar-refractivity contribution in [2.45, 2.75) is 58.6 Å². The zero-order valence-electron chi connectivity index (χ0n) is 12.8. The Labute approximate surface area is 117 Å². The van der Waals surface area contributed by atoms with Gasteiger partial charge in [0.25, 0.3) is 0 Å². The summed E-state index contributed by atoms with van der Waals surface area (Å²) in [5, 5.41) is 3.65. The van der Waals surface area contributed by atoms with Crippen molar-refractivity contribution >= 4 is 0 Å². The van der Waals surface area contributed by atoms with Gasteiger partial charge in [-0.1, -0.05) is 26.8 Å². The number of rotatable bonds is 9. The van der Waals surface area contributed by atoms with Crippen LogP contribution in [-0.4, -0.2) is 23.7 Å². The first-order chi connectivity index (χ1) is 9.24. The highest BCUT2D eigenvalue weighted by Gasteiger charge is 2.37. The molecule has 0 aromatic carbocycles. The van der Waals surface area contributed by atoms with Gasteiger partial charge in [-0.15, -0.1) is 0 Å². The molecule has 0 saturated carbocycles. The van der Waals surface area contributed by atoms with Gasteiger partial charge in [0.1, 0.15) is 0 Å². The Morgan fingerprint density at radius 2 is 2.00 bits per heavy atom. The molecule has 108 valence electrons. The summed E-state index contributed by atoms with van der Waals surface area (Å²) in [4.78, 5) is 4.26. The Balaban J connectivity index is 3.05. The molecule has 1 aromatic heterocycles. The SMILES string of the molecule is CCCNC(c1cccnc1)C(CC)(CC)OCC. The molecule has 19 heavy (non-hydrogen) atoms. The van der Waals surface area contributed by atoms with E-state index < -0.39 is 0 Å². The summed E-state index contributed by atoms with van der Waals surface area (Å²) in [6, 6.07) is 4.34. The molecule has 0 fully saturated rings. The molecule has 0 aliphatic rings. The molecule has 1 atom stereocenters. The van der Waals surface area contributed by atoms with Crippen LogP contribution < -0.4 is 5.32 Å². The quantitative estimate of drug-likeness (QED) is 0.738. The Hall–Kier alpha value is -0.930. The lowest BCUT2D eigenvalue weighted by Gasteiger charge is -2.40. The Morgan fingerprint density at radius 3 is 2.47 bits per heavy atom. The molecule has 0 aliphatic carbocycles. The van der Waals surface area contributed by atoms with E-state index in [1.165, 1.54) is 5.56 Å². The first kappa shape index (κ1) is 16.1. The van der Waals surface area contributed by atoms with Gasteiger partial charge < -0.3 is 10.1 Å². The van der Waals surface area contributed by atoms with Gasteiger partial charge in [0.2, 0.25) is 0 Å². The fourth-order valence-electron chi connectivity index (χ4n) is 2.68. The first-order valence-corrected chi connectivity index (χ1v) is 7.51. The van der Waals surface area contributed by atoms with Crippen LogP contribution in [0.25, 0.3) is 0 Å². The van der Waals surface area contributed by atoms with Crippen LogP contribution in [0.2, 0.25) is 0 Å². The molecular weight excluding hydrogens is 236 g/mol. The van der Waals surface area contributed by atoms with Crippen molar-refractivity contribution in [2.24, 2.45) is 0 Å². The van der Waals surface area contributed by atoms with Crippen molar-refractivity contribution in [1.29, 1.82) is 0 Å². The van der Waals surface area contributed by atoms with Gasteiger partial charge in [-0.05, 0) is 44.4 Å². The number of pyridine rings is 1. The lowest BCUT2D eigenvalue weighted by atomic mass is 9.84. The highest BCUT2D eigenvalue weighted by atomic mass is 16.5. The van der Waals surface area contributed by atoms with E-state index in [1.54, 1.807) is 0 Å². The second-order valence-corrected chi connectivity index (χ2v) is 4.88. The summed E-state index contributed by atoms with van der Waals surface area (Å²) >= 11 is 0. The third-order valence-corrected chi connectivity index (χ3v) is 3.77. The molecule has 1 N–H and O–H groups in total. The van der Waals surface area contributed by atoms with Gasteiger partial charge in [-0.3, -0.25) is 4.98 Å². The first-order valence-electron chi connectivity index (χ1n) is 7.51. The number of hydrogen-bond donors (Lipinski definition) is 1. The van der Waals surface area contributed by atoms with E-state index in [4.69, 9.17) is 4.74 Å². The smallest absolute Gasteiger partial charge is 0.0871 e. The van der Waals surface area contributed by atoms with Crippen LogP contribution >= 0.6 is 0 Å². The second kappa shape index (κ2) is 8.28. The fraction of sp³-hybridized carbons (Fsp3) is 0.688. The molecule has 0 bridgehead atoms. The predicted molar refractivity (Wildman–Crippen MR) is 80.2 cm³/mol. The fourth-order valence-corrected chi connectivity index (χ4v) is 2.68. The predicted octanol–water partition coefficient (Wildman–Crippen LogP) is 3.72. The van der Waals surface area contributed by atoms with Crippen LogP contribution in [0.5, 0.6) is 0 Å². The Bertz CT molecular complexity index is 336. The zero-order chi connectivity index (χ0) is 14.1. The van der Waals surface area contributed by atoms with Crippen LogP contribution in [0.1, 0.15) is 58.6 Å². The highest BCUT2D eigenvalue weighted by Crippen LogP contribution is 2.35. The molecule has 1 unspecified atom stereocenters. The van der Waals surface area contributed by atoms with Crippen LogP contribution in [-0.2, 0) is 4.74 Å². The molecule has 1 heterocycles. The number of hydrogen-bond acceptors (Lipinski definition) is 3. The van der Waals surface area contributed by atoms with Crippen LogP contribution in [0.3, 0.4) is 0 Å². The summed E-state index contributed by atoms with van der Waals surface area (Å²) < 4.78 is 6.15.